The van der Waals surface area contributed by atoms with Gasteiger partial charge in [-0.1, -0.05) is 32.9 Å². The van der Waals surface area contributed by atoms with Gasteiger partial charge >= 0.3 is 0 Å². The number of carbonyl (C=O) groups excluding carboxylic acids is 4. The van der Waals surface area contributed by atoms with Crippen LogP contribution >= 0.6 is 0 Å². The van der Waals surface area contributed by atoms with Gasteiger partial charge in [0.05, 0.1) is 6.07 Å². The van der Waals surface area contributed by atoms with Crippen molar-refractivity contribution in [2.75, 3.05) is 20.2 Å². The fourth-order valence-electron chi connectivity index (χ4n) is 7.05. The van der Waals surface area contributed by atoms with Crippen LogP contribution in [0.1, 0.15) is 52.9 Å². The number of nitrogens with zero attached hydrogens (tertiary/aromatic N) is 2. The van der Waals surface area contributed by atoms with E-state index in [0.717, 1.165) is 6.42 Å². The van der Waals surface area contributed by atoms with Crippen LogP contribution in [0.3, 0.4) is 0 Å². The Morgan fingerprint density at radius 1 is 1.24 bits per heavy atom. The van der Waals surface area contributed by atoms with Crippen LogP contribution in [0.15, 0.2) is 12.2 Å². The molecule has 0 aromatic heterocycles. The molecule has 0 aromatic rings. The molecule has 3 aliphatic carbocycles. The summed E-state index contributed by atoms with van der Waals surface area (Å²) in [6.45, 7) is 6.71. The SMILES string of the molecule is COC1(C(=O)NC(C(=O)N2CC3C4C=CC(C4)C3C2C(=O)NC(C#N)CC2CCNC2=O)C(C)(C)C)CC1. The number of nitriles is 1. The molecule has 4 fully saturated rings. The number of methoxy groups -OCH3 is 1. The van der Waals surface area contributed by atoms with E-state index in [9.17, 15) is 24.4 Å². The lowest BCUT2D eigenvalue weighted by atomic mass is 9.81. The molecular formula is C28H39N5O5. The van der Waals surface area contributed by atoms with Crippen molar-refractivity contribution in [2.24, 2.45) is 35.0 Å². The Labute approximate surface area is 223 Å². The molecule has 2 bridgehead atoms. The molecule has 2 aliphatic heterocycles. The third kappa shape index (κ3) is 4.59. The van der Waals surface area contributed by atoms with E-state index in [1.165, 1.54) is 7.11 Å². The maximum absolute atomic E-state index is 14.2. The molecule has 2 saturated carbocycles. The van der Waals surface area contributed by atoms with Crippen LogP contribution in [-0.4, -0.2) is 72.5 Å². The number of hydrogen-bond donors (Lipinski definition) is 3. The van der Waals surface area contributed by atoms with Gasteiger partial charge in [0.2, 0.25) is 17.7 Å². The van der Waals surface area contributed by atoms with Crippen molar-refractivity contribution >= 4 is 23.6 Å². The van der Waals surface area contributed by atoms with Crippen molar-refractivity contribution in [3.63, 3.8) is 0 Å². The lowest BCUT2D eigenvalue weighted by Gasteiger charge is -2.37. The number of rotatable bonds is 8. The second-order valence-electron chi connectivity index (χ2n) is 12.8. The number of hydrogen-bond acceptors (Lipinski definition) is 6. The number of carbonyl (C=O) groups is 4. The van der Waals surface area contributed by atoms with Gasteiger partial charge in [-0.15, -0.1) is 0 Å². The summed E-state index contributed by atoms with van der Waals surface area (Å²) in [4.78, 5) is 54.8. The number of likely N-dealkylation sites (tertiary alicyclic amines) is 1. The molecule has 5 aliphatic rings. The number of fused-ring (bicyclic) bond motifs is 5. The first kappa shape index (κ1) is 26.7. The summed E-state index contributed by atoms with van der Waals surface area (Å²) in [6, 6.07) is -0.252. The van der Waals surface area contributed by atoms with Gasteiger partial charge in [0.25, 0.3) is 5.91 Å². The van der Waals surface area contributed by atoms with E-state index in [1.807, 2.05) is 20.8 Å². The van der Waals surface area contributed by atoms with Gasteiger partial charge in [-0.05, 0) is 61.2 Å². The normalized spacial score (nSPS) is 33.8. The van der Waals surface area contributed by atoms with Gasteiger partial charge in [0.1, 0.15) is 23.7 Å². The van der Waals surface area contributed by atoms with Crippen LogP contribution < -0.4 is 16.0 Å². The smallest absolute Gasteiger partial charge is 0.252 e. The zero-order valence-corrected chi connectivity index (χ0v) is 22.7. The standard InChI is InChI=1S/C28H39N5O5/c1-27(2,3)22(32-26(37)28(38-4)8-9-28)25(36)33-14-19-15-5-6-16(11-15)20(19)21(33)24(35)31-18(13-29)12-17-7-10-30-23(17)34/h5-6,15-22H,7-12,14H2,1-4H3,(H,30,34)(H,31,35)(H,32,37). The number of nitrogens with one attached hydrogen (secondary N) is 3. The van der Waals surface area contributed by atoms with E-state index in [4.69, 9.17) is 4.74 Å². The lowest BCUT2D eigenvalue weighted by molar-refractivity contribution is -0.147. The summed E-state index contributed by atoms with van der Waals surface area (Å²) in [5.74, 6) is -0.691. The second kappa shape index (κ2) is 9.67. The Hall–Kier alpha value is -2.93. The third-order valence-corrected chi connectivity index (χ3v) is 9.40. The fourth-order valence-corrected chi connectivity index (χ4v) is 7.05. The van der Waals surface area contributed by atoms with Crippen LogP contribution in [0.4, 0.5) is 0 Å². The highest BCUT2D eigenvalue weighted by molar-refractivity contribution is 5.96. The molecule has 2 saturated heterocycles. The zero-order chi connectivity index (χ0) is 27.4. The van der Waals surface area contributed by atoms with E-state index >= 15 is 0 Å². The molecule has 10 heteroatoms. The summed E-state index contributed by atoms with van der Waals surface area (Å²) in [5.41, 5.74) is -1.48. The van der Waals surface area contributed by atoms with Crippen molar-refractivity contribution < 1.29 is 23.9 Å². The molecule has 0 radical (unpaired) electrons. The topological polar surface area (TPSA) is 141 Å². The molecule has 8 unspecified atom stereocenters. The Balaban J connectivity index is 1.38. The highest BCUT2D eigenvalue weighted by Crippen LogP contribution is 2.54. The van der Waals surface area contributed by atoms with E-state index in [2.05, 4.69) is 34.2 Å². The Morgan fingerprint density at radius 3 is 2.53 bits per heavy atom. The van der Waals surface area contributed by atoms with Crippen LogP contribution in [0, 0.1) is 46.3 Å². The Kier molecular flexibility index (Phi) is 6.79. The lowest BCUT2D eigenvalue weighted by Crippen LogP contribution is -2.60. The average Bonchev–Trinajstić information content (AvgIpc) is 3.19. The van der Waals surface area contributed by atoms with Gasteiger partial charge in [0.15, 0.2) is 0 Å². The van der Waals surface area contributed by atoms with Crippen molar-refractivity contribution in [2.45, 2.75) is 76.6 Å². The van der Waals surface area contributed by atoms with Crippen LogP contribution in [-0.2, 0) is 23.9 Å². The van der Waals surface area contributed by atoms with E-state index in [0.29, 0.717) is 38.3 Å². The van der Waals surface area contributed by atoms with Crippen molar-refractivity contribution in [1.29, 1.82) is 5.26 Å². The molecule has 10 nitrogen and oxygen atoms in total. The molecule has 5 rings (SSSR count). The second-order valence-corrected chi connectivity index (χ2v) is 12.8. The fraction of sp³-hybridized carbons (Fsp3) is 0.750. The number of allylic oxidation sites excluding steroid dienone is 2. The molecule has 8 atom stereocenters. The molecule has 4 amide bonds. The summed E-state index contributed by atoms with van der Waals surface area (Å²) >= 11 is 0. The van der Waals surface area contributed by atoms with Crippen LogP contribution in [0.5, 0.6) is 0 Å². The highest BCUT2D eigenvalue weighted by atomic mass is 16.5. The van der Waals surface area contributed by atoms with Gasteiger partial charge in [-0.25, -0.2) is 0 Å². The quantitative estimate of drug-likeness (QED) is 0.402. The Morgan fingerprint density at radius 2 is 1.95 bits per heavy atom. The molecular weight excluding hydrogens is 486 g/mol. The van der Waals surface area contributed by atoms with E-state index < -0.39 is 29.1 Å². The monoisotopic (exact) mass is 525 g/mol. The largest absolute Gasteiger partial charge is 0.368 e. The van der Waals surface area contributed by atoms with Crippen LogP contribution in [0.25, 0.3) is 0 Å². The first-order valence-electron chi connectivity index (χ1n) is 13.8. The molecule has 38 heavy (non-hydrogen) atoms. The van der Waals surface area contributed by atoms with Crippen molar-refractivity contribution in [1.82, 2.24) is 20.9 Å². The summed E-state index contributed by atoms with van der Waals surface area (Å²) < 4.78 is 5.44. The molecule has 3 N–H and O–H groups in total. The predicted molar refractivity (Wildman–Crippen MR) is 137 cm³/mol. The predicted octanol–water partition coefficient (Wildman–Crippen LogP) is 0.880. The summed E-state index contributed by atoms with van der Waals surface area (Å²) in [5, 5.41) is 18.4. The average molecular weight is 526 g/mol. The molecule has 0 aromatic carbocycles. The van der Waals surface area contributed by atoms with Gasteiger partial charge in [-0.2, -0.15) is 5.26 Å². The van der Waals surface area contributed by atoms with Crippen LogP contribution in [0.2, 0.25) is 0 Å². The highest BCUT2D eigenvalue weighted by Gasteiger charge is 2.59. The number of ether oxygens (including phenoxy) is 1. The zero-order valence-electron chi connectivity index (χ0n) is 22.7. The molecule has 206 valence electrons. The number of amides is 4. The molecule has 2 heterocycles. The van der Waals surface area contributed by atoms with Crippen molar-refractivity contribution in [3.8, 4) is 6.07 Å². The van der Waals surface area contributed by atoms with Gasteiger partial charge < -0.3 is 25.6 Å². The molecule has 0 spiro atoms. The summed E-state index contributed by atoms with van der Waals surface area (Å²) in [7, 11) is 1.51. The van der Waals surface area contributed by atoms with Gasteiger partial charge in [0, 0.05) is 26.1 Å². The van der Waals surface area contributed by atoms with E-state index in [1.54, 1.807) is 4.90 Å². The summed E-state index contributed by atoms with van der Waals surface area (Å²) in [6.07, 6.45) is 7.43. The maximum atomic E-state index is 14.2. The minimum absolute atomic E-state index is 0.0341. The first-order chi connectivity index (χ1) is 18.0. The third-order valence-electron chi connectivity index (χ3n) is 9.40. The van der Waals surface area contributed by atoms with Crippen molar-refractivity contribution in [3.05, 3.63) is 12.2 Å². The van der Waals surface area contributed by atoms with Gasteiger partial charge in [-0.3, -0.25) is 19.2 Å². The Bertz CT molecular complexity index is 1090. The van der Waals surface area contributed by atoms with E-state index in [-0.39, 0.29) is 53.7 Å². The minimum Gasteiger partial charge on any atom is -0.368 e. The minimum atomic E-state index is -0.877. The maximum Gasteiger partial charge on any atom is 0.252 e. The first-order valence-corrected chi connectivity index (χ1v) is 13.8.